The third-order valence-corrected chi connectivity index (χ3v) is 2.78. The molecule has 1 aromatic carbocycles. The molecule has 0 amide bonds. The van der Waals surface area contributed by atoms with Crippen LogP contribution in [0.4, 0.5) is 4.39 Å². The number of nitrogens with one attached hydrogen (secondary N) is 1. The van der Waals surface area contributed by atoms with Crippen molar-refractivity contribution in [1.29, 1.82) is 0 Å². The molecule has 1 rings (SSSR count). The van der Waals surface area contributed by atoms with E-state index in [0.29, 0.717) is 6.54 Å². The van der Waals surface area contributed by atoms with E-state index in [0.717, 1.165) is 5.56 Å². The number of halogens is 1. The number of carboxylic acid groups (broad SMARTS) is 1. The van der Waals surface area contributed by atoms with Gasteiger partial charge in [0.1, 0.15) is 5.82 Å². The van der Waals surface area contributed by atoms with Crippen LogP contribution in [0.2, 0.25) is 0 Å². The Kier molecular flexibility index (Phi) is 4.23. The minimum absolute atomic E-state index is 0.0793. The van der Waals surface area contributed by atoms with E-state index in [4.69, 9.17) is 5.11 Å². The smallest absolute Gasteiger partial charge is 0.310 e. The van der Waals surface area contributed by atoms with Gasteiger partial charge in [-0.15, -0.1) is 0 Å². The first-order valence-corrected chi connectivity index (χ1v) is 5.55. The van der Waals surface area contributed by atoms with Crippen molar-refractivity contribution in [3.63, 3.8) is 0 Å². The van der Waals surface area contributed by atoms with Crippen LogP contribution in [0.15, 0.2) is 24.3 Å². The SMILES string of the molecule is C[C@H](NCC(C)(C)C(=O)O)c1cccc(F)c1. The van der Waals surface area contributed by atoms with E-state index < -0.39 is 11.4 Å². The molecule has 0 radical (unpaired) electrons. The zero-order valence-corrected chi connectivity index (χ0v) is 10.3. The fourth-order valence-corrected chi connectivity index (χ4v) is 1.38. The Morgan fingerprint density at radius 1 is 1.53 bits per heavy atom. The zero-order valence-electron chi connectivity index (χ0n) is 10.3. The van der Waals surface area contributed by atoms with Crippen molar-refractivity contribution >= 4 is 5.97 Å². The summed E-state index contributed by atoms with van der Waals surface area (Å²) in [4.78, 5) is 10.9. The molecule has 0 aliphatic carbocycles. The van der Waals surface area contributed by atoms with E-state index in [1.807, 2.05) is 13.0 Å². The quantitative estimate of drug-likeness (QED) is 0.830. The van der Waals surface area contributed by atoms with Crippen LogP contribution in [0.3, 0.4) is 0 Å². The molecule has 0 fully saturated rings. The van der Waals surface area contributed by atoms with Gasteiger partial charge in [0.15, 0.2) is 0 Å². The van der Waals surface area contributed by atoms with Crippen LogP contribution >= 0.6 is 0 Å². The summed E-state index contributed by atoms with van der Waals surface area (Å²) < 4.78 is 13.0. The lowest BCUT2D eigenvalue weighted by Gasteiger charge is -2.23. The third kappa shape index (κ3) is 3.82. The van der Waals surface area contributed by atoms with Crippen LogP contribution in [-0.4, -0.2) is 17.6 Å². The largest absolute Gasteiger partial charge is 0.481 e. The predicted molar refractivity (Wildman–Crippen MR) is 64.2 cm³/mol. The summed E-state index contributed by atoms with van der Waals surface area (Å²) in [5.41, 5.74) is -0.0205. The van der Waals surface area contributed by atoms with Crippen molar-refractivity contribution < 1.29 is 14.3 Å². The van der Waals surface area contributed by atoms with Gasteiger partial charge in [0, 0.05) is 12.6 Å². The van der Waals surface area contributed by atoms with Gasteiger partial charge in [-0.3, -0.25) is 4.79 Å². The molecule has 94 valence electrons. The molecule has 0 saturated heterocycles. The molecule has 1 atom stereocenters. The standard InChI is InChI=1S/C13H18FNO2/c1-9(10-5-4-6-11(14)7-10)15-8-13(2,3)12(16)17/h4-7,9,15H,8H2,1-3H3,(H,16,17)/t9-/m0/s1. The first-order valence-electron chi connectivity index (χ1n) is 5.55. The summed E-state index contributed by atoms with van der Waals surface area (Å²) in [6, 6.07) is 6.21. The predicted octanol–water partition coefficient (Wildman–Crippen LogP) is 2.59. The molecular weight excluding hydrogens is 221 g/mol. The number of carboxylic acids is 1. The highest BCUT2D eigenvalue weighted by Gasteiger charge is 2.27. The second-order valence-corrected chi connectivity index (χ2v) is 4.85. The molecule has 1 aromatic rings. The Bertz CT molecular complexity index is 404. The Labute approximate surface area is 101 Å². The molecule has 17 heavy (non-hydrogen) atoms. The normalized spacial score (nSPS) is 13.4. The van der Waals surface area contributed by atoms with Crippen molar-refractivity contribution in [1.82, 2.24) is 5.32 Å². The lowest BCUT2D eigenvalue weighted by molar-refractivity contribution is -0.146. The maximum absolute atomic E-state index is 13.0. The van der Waals surface area contributed by atoms with Gasteiger partial charge in [0.25, 0.3) is 0 Å². The molecular formula is C13H18FNO2. The fraction of sp³-hybridized carbons (Fsp3) is 0.462. The highest BCUT2D eigenvalue weighted by atomic mass is 19.1. The van der Waals surface area contributed by atoms with E-state index >= 15 is 0 Å². The molecule has 0 bridgehead atoms. The van der Waals surface area contributed by atoms with Gasteiger partial charge in [-0.05, 0) is 38.5 Å². The van der Waals surface area contributed by atoms with Gasteiger partial charge >= 0.3 is 5.97 Å². The molecule has 4 heteroatoms. The Balaban J connectivity index is 2.62. The fourth-order valence-electron chi connectivity index (χ4n) is 1.38. The van der Waals surface area contributed by atoms with Gasteiger partial charge in [0.05, 0.1) is 5.41 Å². The average molecular weight is 239 g/mol. The molecule has 0 aromatic heterocycles. The van der Waals surface area contributed by atoms with E-state index in [1.165, 1.54) is 12.1 Å². The Morgan fingerprint density at radius 3 is 2.71 bits per heavy atom. The molecule has 0 aliphatic heterocycles. The first kappa shape index (κ1) is 13.6. The molecule has 0 unspecified atom stereocenters. The summed E-state index contributed by atoms with van der Waals surface area (Å²) >= 11 is 0. The Morgan fingerprint density at radius 2 is 2.18 bits per heavy atom. The number of aliphatic carboxylic acids is 1. The second-order valence-electron chi connectivity index (χ2n) is 4.85. The minimum atomic E-state index is -0.851. The van der Waals surface area contributed by atoms with E-state index in [2.05, 4.69) is 5.32 Å². The first-order chi connectivity index (χ1) is 7.83. The van der Waals surface area contributed by atoms with Gasteiger partial charge in [0.2, 0.25) is 0 Å². The highest BCUT2D eigenvalue weighted by Crippen LogP contribution is 2.18. The molecule has 0 heterocycles. The van der Waals surface area contributed by atoms with E-state index in [1.54, 1.807) is 19.9 Å². The molecule has 0 aliphatic rings. The van der Waals surface area contributed by atoms with Crippen LogP contribution < -0.4 is 5.32 Å². The van der Waals surface area contributed by atoms with Crippen LogP contribution in [0, 0.1) is 11.2 Å². The third-order valence-electron chi connectivity index (χ3n) is 2.78. The van der Waals surface area contributed by atoms with E-state index in [9.17, 15) is 9.18 Å². The molecule has 2 N–H and O–H groups in total. The summed E-state index contributed by atoms with van der Waals surface area (Å²) in [5.74, 6) is -1.13. The number of hydrogen-bond donors (Lipinski definition) is 2. The summed E-state index contributed by atoms with van der Waals surface area (Å²) in [5, 5.41) is 12.1. The number of rotatable bonds is 5. The monoisotopic (exact) mass is 239 g/mol. The van der Waals surface area contributed by atoms with Gasteiger partial charge in [-0.2, -0.15) is 0 Å². The van der Waals surface area contributed by atoms with Crippen molar-refractivity contribution in [2.75, 3.05) is 6.54 Å². The lowest BCUT2D eigenvalue weighted by Crippen LogP contribution is -2.37. The van der Waals surface area contributed by atoms with Crippen molar-refractivity contribution in [3.05, 3.63) is 35.6 Å². The van der Waals surface area contributed by atoms with Crippen LogP contribution in [-0.2, 0) is 4.79 Å². The van der Waals surface area contributed by atoms with Crippen LogP contribution in [0.25, 0.3) is 0 Å². The van der Waals surface area contributed by atoms with Crippen molar-refractivity contribution in [2.45, 2.75) is 26.8 Å². The van der Waals surface area contributed by atoms with Gasteiger partial charge in [-0.25, -0.2) is 4.39 Å². The number of hydrogen-bond acceptors (Lipinski definition) is 2. The number of carbonyl (C=O) groups is 1. The van der Waals surface area contributed by atoms with E-state index in [-0.39, 0.29) is 11.9 Å². The molecule has 0 saturated carbocycles. The van der Waals surface area contributed by atoms with Crippen LogP contribution in [0.5, 0.6) is 0 Å². The maximum atomic E-state index is 13.0. The maximum Gasteiger partial charge on any atom is 0.310 e. The minimum Gasteiger partial charge on any atom is -0.481 e. The topological polar surface area (TPSA) is 49.3 Å². The average Bonchev–Trinajstić information content (AvgIpc) is 2.25. The molecule has 3 nitrogen and oxygen atoms in total. The number of benzene rings is 1. The van der Waals surface area contributed by atoms with Crippen molar-refractivity contribution in [2.24, 2.45) is 5.41 Å². The van der Waals surface area contributed by atoms with Crippen molar-refractivity contribution in [3.8, 4) is 0 Å². The highest BCUT2D eigenvalue weighted by molar-refractivity contribution is 5.73. The van der Waals surface area contributed by atoms with Gasteiger partial charge < -0.3 is 10.4 Å². The lowest BCUT2D eigenvalue weighted by atomic mass is 9.93. The summed E-state index contributed by atoms with van der Waals surface area (Å²) in [7, 11) is 0. The van der Waals surface area contributed by atoms with Crippen LogP contribution in [0.1, 0.15) is 32.4 Å². The Hall–Kier alpha value is -1.42. The summed E-state index contributed by atoms with van der Waals surface area (Å²) in [6.07, 6.45) is 0. The summed E-state index contributed by atoms with van der Waals surface area (Å²) in [6.45, 7) is 5.52. The molecule has 0 spiro atoms. The van der Waals surface area contributed by atoms with Gasteiger partial charge in [-0.1, -0.05) is 12.1 Å². The second kappa shape index (κ2) is 5.27. The zero-order chi connectivity index (χ0) is 13.1.